The van der Waals surface area contributed by atoms with Gasteiger partial charge in [-0.05, 0) is 18.4 Å². The summed E-state index contributed by atoms with van der Waals surface area (Å²) in [5, 5.41) is 0. The quantitative estimate of drug-likeness (QED) is 0.478. The topological polar surface area (TPSA) is 29.4 Å². The maximum atomic E-state index is 13.3. The number of hydrogen-bond acceptors (Lipinski definition) is 2. The molecular weight excluding hydrogens is 326 g/mol. The Morgan fingerprint density at radius 3 is 2.12 bits per heavy atom. The van der Waals surface area contributed by atoms with Crippen LogP contribution in [-0.2, 0) is 0 Å². The minimum atomic E-state index is -0.328. The zero-order valence-electron chi connectivity index (χ0n) is 13.8. The van der Waals surface area contributed by atoms with Gasteiger partial charge in [-0.2, -0.15) is 0 Å². The third-order valence-electron chi connectivity index (χ3n) is 4.24. The maximum absolute atomic E-state index is 13.3. The first-order chi connectivity index (χ1) is 12.3. The van der Waals surface area contributed by atoms with Gasteiger partial charge in [0.2, 0.25) is 5.78 Å². The number of aliphatic imine (C=N–C) groups is 1. The van der Waals surface area contributed by atoms with Crippen LogP contribution in [0.25, 0.3) is 0 Å². The van der Waals surface area contributed by atoms with Crippen molar-refractivity contribution in [2.45, 2.75) is 4.90 Å². The number of carbonyl (C=O) groups is 1. The highest BCUT2D eigenvalue weighted by atomic mass is 32.2. The van der Waals surface area contributed by atoms with Gasteiger partial charge in [-0.3, -0.25) is 4.79 Å². The van der Waals surface area contributed by atoms with Gasteiger partial charge in [-0.25, -0.2) is 4.99 Å². The van der Waals surface area contributed by atoms with Crippen LogP contribution in [0.15, 0.2) is 94.8 Å². The number of benzene rings is 3. The van der Waals surface area contributed by atoms with Crippen LogP contribution in [-0.4, -0.2) is 22.6 Å². The minimum Gasteiger partial charge on any atom is -0.288 e. The van der Waals surface area contributed by atoms with Crippen LogP contribution in [0.1, 0.15) is 15.9 Å². The molecule has 1 unspecified atom stereocenters. The Kier molecular flexibility index (Phi) is 4.16. The van der Waals surface area contributed by atoms with Gasteiger partial charge in [0.05, 0.1) is 16.3 Å². The minimum absolute atomic E-state index is 0.0588. The molecule has 0 aromatic heterocycles. The Bertz CT molecular complexity index is 1000. The smallest absolute Gasteiger partial charge is 0.201 e. The molecule has 0 saturated heterocycles. The molecular formula is C22H17NOS. The van der Waals surface area contributed by atoms with E-state index in [2.05, 4.69) is 12.3 Å². The zero-order chi connectivity index (χ0) is 17.2. The van der Waals surface area contributed by atoms with Crippen molar-refractivity contribution in [2.24, 2.45) is 4.99 Å². The molecule has 0 N–H and O–H groups in total. The van der Waals surface area contributed by atoms with Crippen molar-refractivity contribution in [2.75, 3.05) is 6.26 Å². The van der Waals surface area contributed by atoms with Crippen molar-refractivity contribution in [1.82, 2.24) is 0 Å². The molecule has 0 fully saturated rings. The molecule has 1 aliphatic heterocycles. The number of ketones is 1. The summed E-state index contributed by atoms with van der Waals surface area (Å²) in [5.74, 6) is 0.0588. The molecule has 25 heavy (non-hydrogen) atoms. The lowest BCUT2D eigenvalue weighted by Crippen LogP contribution is -2.27. The summed E-state index contributed by atoms with van der Waals surface area (Å²) in [6.07, 6.45) is 2.12. The summed E-state index contributed by atoms with van der Waals surface area (Å²) in [7, 11) is -0.328. The van der Waals surface area contributed by atoms with E-state index in [1.807, 2.05) is 78.9 Å². The van der Waals surface area contributed by atoms with Crippen LogP contribution in [0.4, 0.5) is 5.69 Å². The van der Waals surface area contributed by atoms with E-state index in [-0.39, 0.29) is 16.3 Å². The molecule has 0 bridgehead atoms. The molecule has 1 atom stereocenters. The lowest BCUT2D eigenvalue weighted by atomic mass is 10.00. The van der Waals surface area contributed by atoms with Crippen molar-refractivity contribution in [1.29, 1.82) is 0 Å². The fourth-order valence-corrected chi connectivity index (χ4v) is 4.77. The van der Waals surface area contributed by atoms with Gasteiger partial charge in [0.25, 0.3) is 0 Å². The molecule has 3 aromatic rings. The summed E-state index contributed by atoms with van der Waals surface area (Å²) >= 11 is 0. The van der Waals surface area contributed by atoms with Crippen molar-refractivity contribution < 1.29 is 4.79 Å². The van der Waals surface area contributed by atoms with Crippen LogP contribution in [0, 0.1) is 0 Å². The maximum Gasteiger partial charge on any atom is 0.201 e. The first-order valence-corrected chi connectivity index (χ1v) is 9.75. The summed E-state index contributed by atoms with van der Waals surface area (Å²) in [6, 6.07) is 27.5. The average Bonchev–Trinajstić information content (AvgIpc) is 2.69. The van der Waals surface area contributed by atoms with Gasteiger partial charge in [0.15, 0.2) is 0 Å². The predicted molar refractivity (Wildman–Crippen MR) is 107 cm³/mol. The second kappa shape index (κ2) is 6.61. The fraction of sp³-hybridized carbons (Fsp3) is 0.0455. The fourth-order valence-electron chi connectivity index (χ4n) is 2.99. The second-order valence-corrected chi connectivity index (χ2v) is 7.70. The van der Waals surface area contributed by atoms with E-state index >= 15 is 0 Å². The number of para-hydroxylation sites is 1. The Hall–Kier alpha value is -2.78. The van der Waals surface area contributed by atoms with Crippen LogP contribution >= 0.6 is 10.5 Å². The molecule has 1 aliphatic rings. The highest BCUT2D eigenvalue weighted by Crippen LogP contribution is 2.39. The lowest BCUT2D eigenvalue weighted by Gasteiger charge is -2.21. The van der Waals surface area contributed by atoms with E-state index in [1.165, 1.54) is 0 Å². The SMILES string of the molecule is CS1=C(C(=O)c2ccccc2)C(c2ccccc2)=Nc2ccccc21. The van der Waals surface area contributed by atoms with Crippen molar-refractivity contribution >= 4 is 32.5 Å². The Morgan fingerprint density at radius 2 is 1.40 bits per heavy atom. The summed E-state index contributed by atoms with van der Waals surface area (Å²) in [4.78, 5) is 20.1. The second-order valence-electron chi connectivity index (χ2n) is 5.83. The van der Waals surface area contributed by atoms with Crippen LogP contribution in [0.2, 0.25) is 0 Å². The first-order valence-electron chi connectivity index (χ1n) is 8.12. The number of fused-ring (bicyclic) bond motifs is 1. The summed E-state index contributed by atoms with van der Waals surface area (Å²) < 4.78 is 0. The van der Waals surface area contributed by atoms with Gasteiger partial charge >= 0.3 is 0 Å². The van der Waals surface area contributed by atoms with Crippen molar-refractivity contribution in [3.05, 3.63) is 96.1 Å². The lowest BCUT2D eigenvalue weighted by molar-refractivity contribution is 0.107. The number of Topliss-reactive ketones (excluding diaryl/α,β-unsaturated/α-hetero) is 1. The molecule has 122 valence electrons. The van der Waals surface area contributed by atoms with Crippen molar-refractivity contribution in [3.8, 4) is 0 Å². The predicted octanol–water partition coefficient (Wildman–Crippen LogP) is 5.13. The van der Waals surface area contributed by atoms with Crippen LogP contribution < -0.4 is 0 Å². The molecule has 1 heterocycles. The molecule has 0 aliphatic carbocycles. The normalized spacial score (nSPS) is 16.1. The van der Waals surface area contributed by atoms with Crippen molar-refractivity contribution in [3.63, 3.8) is 0 Å². The van der Waals surface area contributed by atoms with E-state index in [0.717, 1.165) is 26.7 Å². The molecule has 3 heteroatoms. The average molecular weight is 343 g/mol. The van der Waals surface area contributed by atoms with E-state index in [1.54, 1.807) is 0 Å². The number of hydrogen-bond donors (Lipinski definition) is 0. The van der Waals surface area contributed by atoms with Gasteiger partial charge < -0.3 is 0 Å². The third kappa shape index (κ3) is 2.87. The van der Waals surface area contributed by atoms with Crippen LogP contribution in [0.5, 0.6) is 0 Å². The number of rotatable bonds is 3. The van der Waals surface area contributed by atoms with E-state index in [0.29, 0.717) is 5.56 Å². The molecule has 3 aromatic carbocycles. The van der Waals surface area contributed by atoms with Crippen LogP contribution in [0.3, 0.4) is 0 Å². The van der Waals surface area contributed by atoms with E-state index in [9.17, 15) is 4.79 Å². The molecule has 2 nitrogen and oxygen atoms in total. The molecule has 0 spiro atoms. The molecule has 0 amide bonds. The molecule has 4 rings (SSSR count). The largest absolute Gasteiger partial charge is 0.288 e. The number of nitrogens with zero attached hydrogens (tertiary/aromatic N) is 1. The highest BCUT2D eigenvalue weighted by Gasteiger charge is 2.26. The Labute approximate surface area is 149 Å². The highest BCUT2D eigenvalue weighted by molar-refractivity contribution is 8.17. The monoisotopic (exact) mass is 343 g/mol. The Balaban J connectivity index is 1.95. The third-order valence-corrected chi connectivity index (χ3v) is 6.23. The van der Waals surface area contributed by atoms with Gasteiger partial charge in [0.1, 0.15) is 0 Å². The first kappa shape index (κ1) is 15.7. The van der Waals surface area contributed by atoms with Gasteiger partial charge in [-0.1, -0.05) is 72.8 Å². The molecule has 0 radical (unpaired) electrons. The van der Waals surface area contributed by atoms with E-state index < -0.39 is 0 Å². The summed E-state index contributed by atoms with van der Waals surface area (Å²) in [5.41, 5.74) is 3.44. The molecule has 0 saturated carbocycles. The van der Waals surface area contributed by atoms with Gasteiger partial charge in [0, 0.05) is 16.0 Å². The standard InChI is InChI=1S/C22H17NOS/c1-25-19-15-9-8-14-18(19)23-20(16-10-4-2-5-11-16)22(25)21(24)17-12-6-3-7-13-17/h2-15H,1H3. The van der Waals surface area contributed by atoms with E-state index in [4.69, 9.17) is 4.99 Å². The number of carbonyl (C=O) groups excluding carboxylic acids is 1. The van der Waals surface area contributed by atoms with Gasteiger partial charge in [-0.15, -0.1) is 10.5 Å². The summed E-state index contributed by atoms with van der Waals surface area (Å²) in [6.45, 7) is 0. The Morgan fingerprint density at radius 1 is 0.800 bits per heavy atom. The zero-order valence-corrected chi connectivity index (χ0v) is 14.7.